The summed E-state index contributed by atoms with van der Waals surface area (Å²) in [7, 11) is 1.50. The number of anilines is 1. The van der Waals surface area contributed by atoms with Gasteiger partial charge in [-0.3, -0.25) is 9.48 Å². The molecule has 0 saturated heterocycles. The van der Waals surface area contributed by atoms with Crippen molar-refractivity contribution < 1.29 is 13.6 Å². The molecule has 0 radical (unpaired) electrons. The Morgan fingerprint density at radius 1 is 1.38 bits per heavy atom. The van der Waals surface area contributed by atoms with E-state index in [-0.39, 0.29) is 11.5 Å². The highest BCUT2D eigenvalue weighted by Crippen LogP contribution is 2.62. The van der Waals surface area contributed by atoms with Gasteiger partial charge in [0, 0.05) is 24.8 Å². The van der Waals surface area contributed by atoms with Crippen molar-refractivity contribution in [3.05, 3.63) is 56.8 Å². The molecular weight excluding hydrogens is 383 g/mol. The summed E-state index contributed by atoms with van der Waals surface area (Å²) in [5.41, 5.74) is 3.14. The number of hydrogen-bond acceptors (Lipinski definition) is 2. The Hall–Kier alpha value is -1.92. The fourth-order valence-corrected chi connectivity index (χ4v) is 4.42. The number of fused-ring (bicyclic) bond motifs is 3. The number of aryl methyl sites for hydroxylation is 1. The summed E-state index contributed by atoms with van der Waals surface area (Å²) in [6.07, 6.45) is 0.161. The Morgan fingerprint density at radius 2 is 2.15 bits per heavy atom. The lowest BCUT2D eigenvalue weighted by Gasteiger charge is -2.18. The number of nitrogens with one attached hydrogen (secondary N) is 1. The summed E-state index contributed by atoms with van der Waals surface area (Å²) in [6, 6.07) is 5.62. The third kappa shape index (κ3) is 2.81. The first kappa shape index (κ1) is 17.5. The summed E-state index contributed by atoms with van der Waals surface area (Å²) in [4.78, 5) is 12.6. The van der Waals surface area contributed by atoms with Crippen molar-refractivity contribution in [2.75, 3.05) is 5.32 Å². The van der Waals surface area contributed by atoms with Crippen molar-refractivity contribution in [1.82, 2.24) is 9.78 Å². The molecule has 2 aliphatic carbocycles. The van der Waals surface area contributed by atoms with Crippen molar-refractivity contribution in [2.24, 2.45) is 13.0 Å². The number of nitrogens with zero attached hydrogens (tertiary/aromatic N) is 2. The Kier molecular flexibility index (Phi) is 4.28. The molecule has 136 valence electrons. The average Bonchev–Trinajstić information content (AvgIpc) is 3.21. The molecule has 2 unspecified atom stereocenters. The predicted octanol–water partition coefficient (Wildman–Crippen LogP) is 4.96. The second-order valence-corrected chi connectivity index (χ2v) is 7.52. The molecule has 0 spiro atoms. The van der Waals surface area contributed by atoms with Gasteiger partial charge >= 0.3 is 0 Å². The first-order chi connectivity index (χ1) is 12.4. The van der Waals surface area contributed by atoms with Crippen LogP contribution in [0.25, 0.3) is 0 Å². The van der Waals surface area contributed by atoms with E-state index in [0.29, 0.717) is 16.1 Å². The predicted molar refractivity (Wildman–Crippen MR) is 95.8 cm³/mol. The number of allylic oxidation sites excluding steroid dienone is 1. The van der Waals surface area contributed by atoms with Gasteiger partial charge in [-0.1, -0.05) is 35.3 Å². The topological polar surface area (TPSA) is 46.9 Å². The molecule has 2 aliphatic rings. The lowest BCUT2D eigenvalue weighted by molar-refractivity contribution is 0.101. The van der Waals surface area contributed by atoms with Crippen LogP contribution in [0.1, 0.15) is 45.9 Å². The van der Waals surface area contributed by atoms with Crippen LogP contribution < -0.4 is 5.32 Å². The standard InChI is InChI=1S/C18H15Cl2F2N3O/c1-25-7-11(15(24-25)17(21)22)18(26)23-12-4-2-3-9-8(12)5-6-10-13(9)14(10)16(19)20/h2-4,7,10,13,17H,5-6H2,1H3,(H,23,26). The molecule has 4 nitrogen and oxygen atoms in total. The highest BCUT2D eigenvalue weighted by molar-refractivity contribution is 6.56. The Labute approximate surface area is 158 Å². The quantitative estimate of drug-likeness (QED) is 0.795. The molecule has 2 aromatic rings. The summed E-state index contributed by atoms with van der Waals surface area (Å²) >= 11 is 11.9. The highest BCUT2D eigenvalue weighted by atomic mass is 35.5. The number of alkyl halides is 2. The summed E-state index contributed by atoms with van der Waals surface area (Å²) < 4.78 is 27.7. The zero-order chi connectivity index (χ0) is 18.6. The molecule has 1 saturated carbocycles. The number of rotatable bonds is 3. The zero-order valence-corrected chi connectivity index (χ0v) is 15.3. The number of carbonyl (C=O) groups is 1. The van der Waals surface area contributed by atoms with Gasteiger partial charge in [0.1, 0.15) is 10.2 Å². The molecule has 2 atom stereocenters. The molecule has 1 aromatic carbocycles. The molecular formula is C18H15Cl2F2N3O. The van der Waals surface area contributed by atoms with Crippen molar-refractivity contribution in [3.63, 3.8) is 0 Å². The van der Waals surface area contributed by atoms with Gasteiger partial charge in [-0.25, -0.2) is 8.78 Å². The molecule has 1 heterocycles. The Balaban J connectivity index is 1.65. The largest absolute Gasteiger partial charge is 0.322 e. The van der Waals surface area contributed by atoms with Crippen LogP contribution in [0.4, 0.5) is 14.5 Å². The zero-order valence-electron chi connectivity index (χ0n) is 13.8. The normalized spacial score (nSPS) is 20.6. The van der Waals surface area contributed by atoms with Crippen LogP contribution in [-0.4, -0.2) is 15.7 Å². The Bertz CT molecular complexity index is 935. The highest BCUT2D eigenvalue weighted by Gasteiger charge is 2.50. The molecule has 4 rings (SSSR count). The van der Waals surface area contributed by atoms with E-state index in [9.17, 15) is 13.6 Å². The molecule has 1 aromatic heterocycles. The van der Waals surface area contributed by atoms with Crippen molar-refractivity contribution >= 4 is 34.8 Å². The van der Waals surface area contributed by atoms with E-state index >= 15 is 0 Å². The van der Waals surface area contributed by atoms with E-state index in [1.807, 2.05) is 12.1 Å². The fourth-order valence-electron chi connectivity index (χ4n) is 3.90. The molecule has 26 heavy (non-hydrogen) atoms. The number of carbonyl (C=O) groups excluding carboxylic acids is 1. The number of halogens is 4. The van der Waals surface area contributed by atoms with E-state index in [2.05, 4.69) is 10.4 Å². The van der Waals surface area contributed by atoms with Crippen LogP contribution in [0.2, 0.25) is 0 Å². The van der Waals surface area contributed by atoms with Crippen LogP contribution in [-0.2, 0) is 13.5 Å². The molecule has 0 bridgehead atoms. The van der Waals surface area contributed by atoms with E-state index in [1.54, 1.807) is 6.07 Å². The second kappa shape index (κ2) is 6.35. The molecule has 8 heteroatoms. The van der Waals surface area contributed by atoms with Gasteiger partial charge in [0.25, 0.3) is 12.3 Å². The number of amides is 1. The van der Waals surface area contributed by atoms with Crippen LogP contribution in [0.5, 0.6) is 0 Å². The van der Waals surface area contributed by atoms with Gasteiger partial charge in [0.05, 0.1) is 5.56 Å². The molecule has 1 N–H and O–H groups in total. The fraction of sp³-hybridized carbons (Fsp3) is 0.333. The lowest BCUT2D eigenvalue weighted by atomic mass is 9.90. The third-order valence-electron chi connectivity index (χ3n) is 5.06. The van der Waals surface area contributed by atoms with Gasteiger partial charge in [0.15, 0.2) is 0 Å². The van der Waals surface area contributed by atoms with Crippen molar-refractivity contribution in [2.45, 2.75) is 25.2 Å². The number of aromatic nitrogens is 2. The monoisotopic (exact) mass is 397 g/mol. The second-order valence-electron chi connectivity index (χ2n) is 6.57. The van der Waals surface area contributed by atoms with Gasteiger partial charge in [-0.05, 0) is 41.5 Å². The van der Waals surface area contributed by atoms with E-state index in [4.69, 9.17) is 23.2 Å². The summed E-state index contributed by atoms with van der Waals surface area (Å²) in [5, 5.41) is 6.45. The smallest absolute Gasteiger partial charge is 0.282 e. The number of benzene rings is 1. The van der Waals surface area contributed by atoms with E-state index in [0.717, 1.165) is 29.5 Å². The van der Waals surface area contributed by atoms with E-state index < -0.39 is 18.0 Å². The van der Waals surface area contributed by atoms with Crippen molar-refractivity contribution in [3.8, 4) is 0 Å². The summed E-state index contributed by atoms with van der Waals surface area (Å²) in [6.45, 7) is 0. The van der Waals surface area contributed by atoms with Gasteiger partial charge in [-0.15, -0.1) is 0 Å². The first-order valence-electron chi connectivity index (χ1n) is 8.18. The van der Waals surface area contributed by atoms with Crippen LogP contribution in [0.15, 0.2) is 34.5 Å². The van der Waals surface area contributed by atoms with Crippen molar-refractivity contribution in [1.29, 1.82) is 0 Å². The first-order valence-corrected chi connectivity index (χ1v) is 8.94. The van der Waals surface area contributed by atoms with Crippen LogP contribution in [0.3, 0.4) is 0 Å². The molecule has 1 fully saturated rings. The molecule has 0 aliphatic heterocycles. The van der Waals surface area contributed by atoms with Crippen LogP contribution in [0, 0.1) is 5.92 Å². The van der Waals surface area contributed by atoms with Gasteiger partial charge < -0.3 is 5.32 Å². The van der Waals surface area contributed by atoms with Gasteiger partial charge in [0.2, 0.25) is 0 Å². The third-order valence-corrected chi connectivity index (χ3v) is 5.49. The van der Waals surface area contributed by atoms with E-state index in [1.165, 1.54) is 17.9 Å². The maximum absolute atomic E-state index is 13.1. The van der Waals surface area contributed by atoms with Gasteiger partial charge in [-0.2, -0.15) is 5.10 Å². The minimum Gasteiger partial charge on any atom is -0.322 e. The maximum atomic E-state index is 13.1. The minimum absolute atomic E-state index is 0.121. The number of hydrogen-bond donors (Lipinski definition) is 1. The lowest BCUT2D eigenvalue weighted by Crippen LogP contribution is -2.16. The Morgan fingerprint density at radius 3 is 2.85 bits per heavy atom. The maximum Gasteiger partial charge on any atom is 0.282 e. The van der Waals surface area contributed by atoms with Crippen LogP contribution >= 0.6 is 23.2 Å². The minimum atomic E-state index is -2.81. The molecule has 1 amide bonds. The summed E-state index contributed by atoms with van der Waals surface area (Å²) in [5.74, 6) is -0.0382. The average molecular weight is 398 g/mol. The SMILES string of the molecule is Cn1cc(C(=O)Nc2cccc3c2CCC2C(=C(Cl)Cl)C32)c(C(F)F)n1.